The number of hydrogen-bond acceptors (Lipinski definition) is 4. The molecule has 0 unspecified atom stereocenters. The van der Waals surface area contributed by atoms with Gasteiger partial charge in [0, 0.05) is 0 Å². The van der Waals surface area contributed by atoms with E-state index in [0.717, 1.165) is 17.7 Å². The van der Waals surface area contributed by atoms with Crippen LogP contribution in [-0.2, 0) is 6.54 Å². The number of hydrazine groups is 1. The number of nitrogens with zero attached hydrogens (tertiary/aromatic N) is 2. The number of guanidine groups is 1. The third-order valence-electron chi connectivity index (χ3n) is 2.01. The summed E-state index contributed by atoms with van der Waals surface area (Å²) in [5.41, 5.74) is 7.96. The number of benzene rings is 1. The van der Waals surface area contributed by atoms with E-state index in [1.165, 1.54) is 0 Å². The van der Waals surface area contributed by atoms with Crippen LogP contribution in [0, 0.1) is 10.1 Å². The Labute approximate surface area is 105 Å². The minimum absolute atomic E-state index is 0.222. The summed E-state index contributed by atoms with van der Waals surface area (Å²) in [5, 5.41) is 9.36. The van der Waals surface area contributed by atoms with Gasteiger partial charge in [0.2, 0.25) is 0 Å². The number of nitrogens with two attached hydrogens (primary N) is 1. The van der Waals surface area contributed by atoms with Gasteiger partial charge in [-0.25, -0.2) is 15.1 Å². The highest BCUT2D eigenvalue weighted by molar-refractivity contribution is 5.76. The fourth-order valence-corrected chi connectivity index (χ4v) is 1.26. The summed E-state index contributed by atoms with van der Waals surface area (Å²) < 4.78 is 5.46. The van der Waals surface area contributed by atoms with E-state index in [0.29, 0.717) is 6.61 Å². The van der Waals surface area contributed by atoms with Crippen molar-refractivity contribution < 1.29 is 9.77 Å². The number of rotatable bonds is 6. The van der Waals surface area contributed by atoms with Gasteiger partial charge in [-0.1, -0.05) is 24.5 Å². The van der Waals surface area contributed by atoms with E-state index < -0.39 is 5.03 Å². The molecule has 0 bridgehead atoms. The van der Waals surface area contributed by atoms with Crippen LogP contribution in [0.5, 0.6) is 5.75 Å². The quantitative estimate of drug-likeness (QED) is 0.341. The zero-order valence-corrected chi connectivity index (χ0v) is 10.1. The van der Waals surface area contributed by atoms with E-state index in [1.807, 2.05) is 31.2 Å². The predicted molar refractivity (Wildman–Crippen MR) is 67.7 cm³/mol. The second kappa shape index (κ2) is 7.10. The van der Waals surface area contributed by atoms with Crippen molar-refractivity contribution in [2.75, 3.05) is 6.61 Å². The zero-order valence-electron chi connectivity index (χ0n) is 10.1. The van der Waals surface area contributed by atoms with Crippen LogP contribution in [0.3, 0.4) is 0 Å². The Kier molecular flexibility index (Phi) is 5.43. The number of aliphatic imine (C=N–C) groups is 1. The molecule has 0 aliphatic rings. The summed E-state index contributed by atoms with van der Waals surface area (Å²) in [5.74, 6) is 0.533. The summed E-state index contributed by atoms with van der Waals surface area (Å²) in [7, 11) is 0. The Morgan fingerprint density at radius 2 is 2.39 bits per heavy atom. The lowest BCUT2D eigenvalue weighted by atomic mass is 10.2. The molecule has 7 nitrogen and oxygen atoms in total. The van der Waals surface area contributed by atoms with E-state index in [-0.39, 0.29) is 12.5 Å². The maximum Gasteiger partial charge on any atom is 0.251 e. The molecule has 0 saturated heterocycles. The van der Waals surface area contributed by atoms with Crippen LogP contribution in [0.2, 0.25) is 0 Å². The van der Waals surface area contributed by atoms with Crippen LogP contribution in [-0.4, -0.2) is 17.6 Å². The lowest BCUT2D eigenvalue weighted by molar-refractivity contribution is -0.525. The standard InChI is InChI=1S/C11H16N4O3/c1-2-6-18-10-5-3-4-9(7-10)8-13-11(12)14-15(16)17/h3-5,7H,2,6,8H2,1H3,(H3,12,13,14). The summed E-state index contributed by atoms with van der Waals surface area (Å²) >= 11 is 0. The fraction of sp³-hybridized carbons (Fsp3) is 0.364. The normalized spacial score (nSPS) is 11.1. The first-order valence-corrected chi connectivity index (χ1v) is 5.54. The molecule has 0 aliphatic heterocycles. The molecule has 0 fully saturated rings. The van der Waals surface area contributed by atoms with Gasteiger partial charge >= 0.3 is 0 Å². The van der Waals surface area contributed by atoms with Crippen molar-refractivity contribution in [2.45, 2.75) is 19.9 Å². The maximum absolute atomic E-state index is 10.1. The molecular formula is C11H16N4O3. The smallest absolute Gasteiger partial charge is 0.251 e. The van der Waals surface area contributed by atoms with E-state index >= 15 is 0 Å². The summed E-state index contributed by atoms with van der Waals surface area (Å²) in [4.78, 5) is 13.9. The van der Waals surface area contributed by atoms with Crippen molar-refractivity contribution in [3.63, 3.8) is 0 Å². The molecule has 98 valence electrons. The maximum atomic E-state index is 10.1. The van der Waals surface area contributed by atoms with Gasteiger partial charge in [0.05, 0.1) is 13.2 Å². The Balaban J connectivity index is 2.59. The summed E-state index contributed by atoms with van der Waals surface area (Å²) in [6.07, 6.45) is 0.933. The molecule has 3 N–H and O–H groups in total. The highest BCUT2D eigenvalue weighted by Crippen LogP contribution is 2.14. The van der Waals surface area contributed by atoms with Gasteiger partial charge in [-0.3, -0.25) is 0 Å². The van der Waals surface area contributed by atoms with Crippen LogP contribution < -0.4 is 15.9 Å². The average molecular weight is 252 g/mol. The second-order valence-electron chi connectivity index (χ2n) is 3.57. The van der Waals surface area contributed by atoms with E-state index in [4.69, 9.17) is 10.5 Å². The van der Waals surface area contributed by atoms with Crippen LogP contribution in [0.25, 0.3) is 0 Å². The van der Waals surface area contributed by atoms with Crippen molar-refractivity contribution in [3.05, 3.63) is 39.9 Å². The van der Waals surface area contributed by atoms with E-state index in [2.05, 4.69) is 4.99 Å². The molecule has 0 atom stereocenters. The first-order chi connectivity index (χ1) is 8.61. The van der Waals surface area contributed by atoms with Crippen LogP contribution in [0.4, 0.5) is 0 Å². The highest BCUT2D eigenvalue weighted by Gasteiger charge is 2.00. The Morgan fingerprint density at radius 3 is 3.06 bits per heavy atom. The second-order valence-corrected chi connectivity index (χ2v) is 3.57. The molecular weight excluding hydrogens is 236 g/mol. The first kappa shape index (κ1) is 13.8. The van der Waals surface area contributed by atoms with Crippen LogP contribution in [0.15, 0.2) is 29.3 Å². The van der Waals surface area contributed by atoms with Crippen molar-refractivity contribution >= 4 is 5.96 Å². The SMILES string of the molecule is CCCOc1cccc(CN=C(N)N[N+](=O)[O-])c1. The van der Waals surface area contributed by atoms with Gasteiger partial charge in [-0.05, 0) is 24.1 Å². The molecule has 0 heterocycles. The lowest BCUT2D eigenvalue weighted by Gasteiger charge is -2.05. The molecule has 1 aromatic rings. The van der Waals surface area contributed by atoms with Gasteiger partial charge in [0.1, 0.15) is 5.75 Å². The number of hydrogen-bond donors (Lipinski definition) is 2. The molecule has 7 heteroatoms. The molecule has 0 amide bonds. The van der Waals surface area contributed by atoms with Crippen molar-refractivity contribution in [1.29, 1.82) is 0 Å². The number of ether oxygens (including phenoxy) is 1. The number of nitrogens with one attached hydrogen (secondary N) is 1. The van der Waals surface area contributed by atoms with E-state index in [1.54, 1.807) is 5.43 Å². The monoisotopic (exact) mass is 252 g/mol. The third-order valence-corrected chi connectivity index (χ3v) is 2.01. The molecule has 18 heavy (non-hydrogen) atoms. The van der Waals surface area contributed by atoms with Crippen LogP contribution >= 0.6 is 0 Å². The van der Waals surface area contributed by atoms with Crippen LogP contribution in [0.1, 0.15) is 18.9 Å². The molecule has 0 spiro atoms. The molecule has 0 aromatic heterocycles. The minimum Gasteiger partial charge on any atom is -0.494 e. The Hall–Kier alpha value is -2.31. The van der Waals surface area contributed by atoms with Gasteiger partial charge in [-0.15, -0.1) is 0 Å². The molecule has 1 rings (SSSR count). The summed E-state index contributed by atoms with van der Waals surface area (Å²) in [6.45, 7) is 2.94. The van der Waals surface area contributed by atoms with Crippen molar-refractivity contribution in [2.24, 2.45) is 10.7 Å². The highest BCUT2D eigenvalue weighted by atomic mass is 16.7. The van der Waals surface area contributed by atoms with Crippen molar-refractivity contribution in [3.8, 4) is 5.75 Å². The predicted octanol–water partition coefficient (Wildman–Crippen LogP) is 1.07. The topological polar surface area (TPSA) is 103 Å². The van der Waals surface area contributed by atoms with Gasteiger partial charge < -0.3 is 10.5 Å². The number of nitro groups is 1. The van der Waals surface area contributed by atoms with Gasteiger partial charge in [0.25, 0.3) is 5.96 Å². The Morgan fingerprint density at radius 1 is 1.61 bits per heavy atom. The Bertz CT molecular complexity index is 434. The van der Waals surface area contributed by atoms with Gasteiger partial charge in [-0.2, -0.15) is 0 Å². The molecule has 0 aliphatic carbocycles. The van der Waals surface area contributed by atoms with E-state index in [9.17, 15) is 10.1 Å². The fourth-order valence-electron chi connectivity index (χ4n) is 1.26. The largest absolute Gasteiger partial charge is 0.494 e. The summed E-state index contributed by atoms with van der Waals surface area (Å²) in [6, 6.07) is 7.37. The third kappa shape index (κ3) is 5.15. The minimum atomic E-state index is -0.750. The van der Waals surface area contributed by atoms with Gasteiger partial charge in [0.15, 0.2) is 5.03 Å². The molecule has 0 saturated carbocycles. The van der Waals surface area contributed by atoms with Crippen molar-refractivity contribution in [1.82, 2.24) is 5.43 Å². The zero-order chi connectivity index (χ0) is 13.4. The average Bonchev–Trinajstić information content (AvgIpc) is 2.33. The molecule has 0 radical (unpaired) electrons. The lowest BCUT2D eigenvalue weighted by Crippen LogP contribution is -2.36. The first-order valence-electron chi connectivity index (χ1n) is 5.54. The molecule has 1 aromatic carbocycles.